The second-order valence-corrected chi connectivity index (χ2v) is 7.59. The molecule has 0 saturated carbocycles. The third-order valence-electron chi connectivity index (χ3n) is 5.76. The Morgan fingerprint density at radius 3 is 2.30 bits per heavy atom. The van der Waals surface area contributed by atoms with Crippen LogP contribution < -0.4 is 5.32 Å². The van der Waals surface area contributed by atoms with Gasteiger partial charge in [-0.25, -0.2) is 4.79 Å². The maximum atomic E-state index is 12.8. The van der Waals surface area contributed by atoms with Crippen molar-refractivity contribution in [2.75, 3.05) is 19.7 Å². The molecule has 2 aromatic rings. The lowest BCUT2D eigenvalue weighted by atomic mass is 9.98. The molecule has 1 aliphatic heterocycles. The highest BCUT2D eigenvalue weighted by molar-refractivity contribution is 5.86. The van der Waals surface area contributed by atoms with Crippen LogP contribution in [-0.2, 0) is 14.3 Å². The van der Waals surface area contributed by atoms with Crippen LogP contribution in [0.1, 0.15) is 36.3 Å². The van der Waals surface area contributed by atoms with Crippen molar-refractivity contribution in [1.29, 1.82) is 0 Å². The summed E-state index contributed by atoms with van der Waals surface area (Å²) in [5.41, 5.74) is 4.59. The molecule has 2 amide bonds. The van der Waals surface area contributed by atoms with E-state index < -0.39 is 18.1 Å². The number of carbonyl (C=O) groups excluding carboxylic acids is 2. The second-order valence-electron chi connectivity index (χ2n) is 7.59. The molecule has 2 N–H and O–H groups in total. The Bertz CT molecular complexity index is 928. The van der Waals surface area contributed by atoms with E-state index in [1.807, 2.05) is 24.3 Å². The van der Waals surface area contributed by atoms with Gasteiger partial charge in [0.15, 0.2) is 0 Å². The van der Waals surface area contributed by atoms with E-state index in [0.717, 1.165) is 22.3 Å². The minimum atomic E-state index is -0.977. The van der Waals surface area contributed by atoms with E-state index >= 15 is 0 Å². The topological polar surface area (TPSA) is 95.9 Å². The van der Waals surface area contributed by atoms with E-state index in [1.165, 1.54) is 4.90 Å². The molecule has 0 radical (unpaired) electrons. The predicted molar refractivity (Wildman–Crippen MR) is 110 cm³/mol. The van der Waals surface area contributed by atoms with Gasteiger partial charge < -0.3 is 15.2 Å². The van der Waals surface area contributed by atoms with Gasteiger partial charge in [0.05, 0.1) is 6.42 Å². The average Bonchev–Trinajstić information content (AvgIpc) is 3.35. The zero-order valence-corrected chi connectivity index (χ0v) is 16.5. The first-order valence-electron chi connectivity index (χ1n) is 10.2. The SMILES string of the molecule is O=C(O)CCNC(=O)C1CCCN1C(=O)OCC1c2ccccc2-c2ccccc21. The fourth-order valence-corrected chi connectivity index (χ4v) is 4.35. The highest BCUT2D eigenvalue weighted by atomic mass is 16.6. The number of benzene rings is 2. The molecule has 2 aromatic carbocycles. The molecule has 0 spiro atoms. The van der Waals surface area contributed by atoms with E-state index in [2.05, 4.69) is 29.6 Å². The van der Waals surface area contributed by atoms with Gasteiger partial charge in [-0.15, -0.1) is 0 Å². The maximum Gasteiger partial charge on any atom is 0.410 e. The van der Waals surface area contributed by atoms with Gasteiger partial charge in [0.2, 0.25) is 5.91 Å². The Balaban J connectivity index is 1.41. The Morgan fingerprint density at radius 2 is 1.67 bits per heavy atom. The summed E-state index contributed by atoms with van der Waals surface area (Å²) in [6, 6.07) is 15.6. The normalized spacial score (nSPS) is 17.3. The molecule has 1 unspecified atom stereocenters. The first-order valence-corrected chi connectivity index (χ1v) is 10.2. The predicted octanol–water partition coefficient (Wildman–Crippen LogP) is 2.99. The summed E-state index contributed by atoms with van der Waals surface area (Å²) < 4.78 is 5.66. The van der Waals surface area contributed by atoms with Crippen LogP contribution >= 0.6 is 0 Å². The third kappa shape index (κ3) is 3.87. The van der Waals surface area contributed by atoms with Crippen LogP contribution in [0.25, 0.3) is 11.1 Å². The van der Waals surface area contributed by atoms with Gasteiger partial charge in [0, 0.05) is 19.0 Å². The number of hydrogen-bond donors (Lipinski definition) is 2. The lowest BCUT2D eigenvalue weighted by Gasteiger charge is -2.24. The lowest BCUT2D eigenvalue weighted by molar-refractivity contribution is -0.137. The number of fused-ring (bicyclic) bond motifs is 3. The third-order valence-corrected chi connectivity index (χ3v) is 5.76. The number of rotatable bonds is 6. The van der Waals surface area contributed by atoms with Gasteiger partial charge in [0.25, 0.3) is 0 Å². The number of ether oxygens (including phenoxy) is 1. The van der Waals surface area contributed by atoms with Crippen molar-refractivity contribution in [2.24, 2.45) is 0 Å². The minimum Gasteiger partial charge on any atom is -0.481 e. The van der Waals surface area contributed by atoms with Crippen molar-refractivity contribution < 1.29 is 24.2 Å². The number of aliphatic carboxylic acids is 1. The Kier molecular flexibility index (Phi) is 5.70. The van der Waals surface area contributed by atoms with Gasteiger partial charge >= 0.3 is 12.1 Å². The van der Waals surface area contributed by atoms with Crippen molar-refractivity contribution in [3.63, 3.8) is 0 Å². The number of carboxylic acids is 1. The van der Waals surface area contributed by atoms with Crippen LogP contribution in [0.15, 0.2) is 48.5 Å². The molecular formula is C23H24N2O5. The standard InChI is InChI=1S/C23H24N2O5/c26-21(27)11-12-24-22(28)20-10-5-13-25(20)23(29)30-14-19-17-8-3-1-6-15(17)16-7-2-4-9-18(16)19/h1-4,6-9,19-20H,5,10-14H2,(H,24,28)(H,26,27). The quantitative estimate of drug-likeness (QED) is 0.766. The number of nitrogens with zero attached hydrogens (tertiary/aromatic N) is 1. The van der Waals surface area contributed by atoms with E-state index in [1.54, 1.807) is 0 Å². The lowest BCUT2D eigenvalue weighted by Crippen LogP contribution is -2.46. The van der Waals surface area contributed by atoms with Gasteiger partial charge in [-0.05, 0) is 35.1 Å². The molecule has 156 valence electrons. The van der Waals surface area contributed by atoms with Gasteiger partial charge in [-0.2, -0.15) is 0 Å². The van der Waals surface area contributed by atoms with Crippen molar-refractivity contribution in [3.05, 3.63) is 59.7 Å². The van der Waals surface area contributed by atoms with Gasteiger partial charge in [-0.1, -0.05) is 48.5 Å². The Hall–Kier alpha value is -3.35. The molecule has 0 bridgehead atoms. The van der Waals surface area contributed by atoms with Crippen molar-refractivity contribution >= 4 is 18.0 Å². The van der Waals surface area contributed by atoms with Crippen LogP contribution in [0.4, 0.5) is 4.79 Å². The zero-order valence-electron chi connectivity index (χ0n) is 16.5. The highest BCUT2D eigenvalue weighted by Gasteiger charge is 2.36. The fourth-order valence-electron chi connectivity index (χ4n) is 4.35. The summed E-state index contributed by atoms with van der Waals surface area (Å²) >= 11 is 0. The molecule has 7 heteroatoms. The number of nitrogens with one attached hydrogen (secondary N) is 1. The summed E-state index contributed by atoms with van der Waals surface area (Å²) in [5.74, 6) is -1.34. The van der Waals surface area contributed by atoms with Crippen LogP contribution in [0.3, 0.4) is 0 Å². The van der Waals surface area contributed by atoms with Crippen LogP contribution in [0.2, 0.25) is 0 Å². The Labute approximate surface area is 174 Å². The summed E-state index contributed by atoms with van der Waals surface area (Å²) in [4.78, 5) is 37.2. The molecule has 30 heavy (non-hydrogen) atoms. The van der Waals surface area contributed by atoms with Crippen LogP contribution in [-0.4, -0.2) is 53.7 Å². The number of hydrogen-bond acceptors (Lipinski definition) is 4. The summed E-state index contributed by atoms with van der Waals surface area (Å²) in [6.07, 6.45) is 0.598. The van der Waals surface area contributed by atoms with Gasteiger partial charge in [0.1, 0.15) is 12.6 Å². The fraction of sp³-hybridized carbons (Fsp3) is 0.348. The molecule has 1 heterocycles. The number of carboxylic acid groups (broad SMARTS) is 1. The number of likely N-dealkylation sites (tertiary alicyclic amines) is 1. The first kappa shape index (κ1) is 19.9. The monoisotopic (exact) mass is 408 g/mol. The van der Waals surface area contributed by atoms with E-state index in [0.29, 0.717) is 19.4 Å². The minimum absolute atomic E-state index is 0.0354. The molecule has 1 atom stereocenters. The maximum absolute atomic E-state index is 12.8. The molecule has 1 saturated heterocycles. The zero-order chi connectivity index (χ0) is 21.1. The van der Waals surface area contributed by atoms with E-state index in [9.17, 15) is 14.4 Å². The smallest absolute Gasteiger partial charge is 0.410 e. The highest BCUT2D eigenvalue weighted by Crippen LogP contribution is 2.44. The Morgan fingerprint density at radius 1 is 1.03 bits per heavy atom. The molecule has 0 aromatic heterocycles. The van der Waals surface area contributed by atoms with Crippen molar-refractivity contribution in [3.8, 4) is 11.1 Å². The number of carbonyl (C=O) groups is 3. The first-order chi connectivity index (χ1) is 14.6. The number of amides is 2. The van der Waals surface area contributed by atoms with Crippen LogP contribution in [0, 0.1) is 0 Å². The molecule has 7 nitrogen and oxygen atoms in total. The molecular weight excluding hydrogens is 384 g/mol. The summed E-state index contributed by atoms with van der Waals surface area (Å²) in [7, 11) is 0. The summed E-state index contributed by atoms with van der Waals surface area (Å²) in [6.45, 7) is 0.702. The molecule has 4 rings (SSSR count). The van der Waals surface area contributed by atoms with Crippen molar-refractivity contribution in [1.82, 2.24) is 10.2 Å². The van der Waals surface area contributed by atoms with Gasteiger partial charge in [-0.3, -0.25) is 14.5 Å². The largest absolute Gasteiger partial charge is 0.481 e. The summed E-state index contributed by atoms with van der Waals surface area (Å²) in [5, 5.41) is 11.3. The van der Waals surface area contributed by atoms with Crippen molar-refractivity contribution in [2.45, 2.75) is 31.2 Å². The van der Waals surface area contributed by atoms with Crippen LogP contribution in [0.5, 0.6) is 0 Å². The second kappa shape index (κ2) is 8.57. The van der Waals surface area contributed by atoms with E-state index in [4.69, 9.17) is 9.84 Å². The molecule has 2 aliphatic rings. The van der Waals surface area contributed by atoms with E-state index in [-0.39, 0.29) is 31.4 Å². The molecule has 1 fully saturated rings. The average molecular weight is 408 g/mol. The molecule has 1 aliphatic carbocycles.